The van der Waals surface area contributed by atoms with Gasteiger partial charge >= 0.3 is 17.9 Å². The summed E-state index contributed by atoms with van der Waals surface area (Å²) in [4.78, 5) is 284. The fourth-order valence-electron chi connectivity index (χ4n) is 16.1. The number of carbonyl (C=O) groups is 19. The Labute approximate surface area is 770 Å². The quantitative estimate of drug-likeness (QED) is 0.0245. The van der Waals surface area contributed by atoms with E-state index < -0.39 is 279 Å². The third kappa shape index (κ3) is 29.3. The van der Waals surface area contributed by atoms with Gasteiger partial charge in [0.2, 0.25) is 94.5 Å². The monoisotopic (exact) mass is 1870 g/mol. The molecule has 2 aromatic heterocycles. The van der Waals surface area contributed by atoms with Crippen molar-refractivity contribution in [2.24, 2.45) is 17.2 Å². The summed E-state index contributed by atoms with van der Waals surface area (Å²) in [7, 11) is 5.20. The molecule has 0 bridgehead atoms. The number of amides is 16. The maximum Gasteiger partial charge on any atom is 0.305 e. The smallest absolute Gasteiger partial charge is 0.305 e. The maximum atomic E-state index is 15.7. The highest BCUT2D eigenvalue weighted by Crippen LogP contribution is 2.28. The van der Waals surface area contributed by atoms with Gasteiger partial charge in [-0.3, -0.25) is 91.1 Å². The standard InChI is InChI=1S/C88H122N20O24S/c1-8-10-21-66-81(124)96-57(28-30-72(112)113)77(120)103-65(76(119)94-43-70(91)110)45-133-46-71(111)95-62(35-48-24-26-52(132-7)27-25-48)84(127)104(4)47(3)75(118)97-59(32-33-89)86(129)107-34-16-23-67(107)82(125)102-64(40-90)80(123)98-58(29-31-73(114)115)87(130)108-44-51(109)38-69(108)83(126)100-60(36-49-41-92-55-19-14-12-17-53(49)55)78(121)99-61(39-74(116)117)79(122)101-63(37-50-42-93-56-20-15-13-18-54(50)56)85(128)106(6)68(22-11-9-2)88(131)105(66)5/h12-15,17-20,24-27,41-42,47,51,57-69,92-93,109H,8-11,16,21-23,28-40,43-46,89-90H2,1-7H3,(H2,91,110)(H,94,119)(H,95,111)(H,96,124)(H,97,118)(H,98,123)(H,99,121)(H,100,126)(H,101,122)(H,102,125)(H,103,120)(H,112,113)(H,114,115)(H,116,117)/t47-,51+,57-,58-,59+,60-,61-,62-,63-,64-,65-,66-,67-,68-,69-/m0/s1. The van der Waals surface area contributed by atoms with Gasteiger partial charge in [-0.2, -0.15) is 0 Å². The van der Waals surface area contributed by atoms with Crippen LogP contribution >= 0.6 is 11.8 Å². The van der Waals surface area contributed by atoms with Crippen molar-refractivity contribution in [1.82, 2.24) is 87.6 Å². The van der Waals surface area contributed by atoms with E-state index >= 15 is 33.6 Å². The summed E-state index contributed by atoms with van der Waals surface area (Å²) < 4.78 is 5.32. The molecule has 16 amide bonds. The first-order valence-corrected chi connectivity index (χ1v) is 45.2. The fourth-order valence-corrected chi connectivity index (χ4v) is 17.0. The van der Waals surface area contributed by atoms with E-state index in [-0.39, 0.29) is 70.9 Å². The van der Waals surface area contributed by atoms with Gasteiger partial charge in [0.05, 0.1) is 31.9 Å². The first-order valence-electron chi connectivity index (χ1n) is 44.1. The Morgan fingerprint density at radius 2 is 1.01 bits per heavy atom. The number of carboxylic acids is 3. The van der Waals surface area contributed by atoms with Gasteiger partial charge in [0.1, 0.15) is 90.3 Å². The summed E-state index contributed by atoms with van der Waals surface area (Å²) in [5.41, 5.74) is 20.0. The number of ether oxygens (including phenoxy) is 1. The Kier molecular flexibility index (Phi) is 39.8. The van der Waals surface area contributed by atoms with Gasteiger partial charge in [0.25, 0.3) is 0 Å². The molecular formula is C88H122N20O24S. The van der Waals surface area contributed by atoms with E-state index in [1.54, 1.807) is 92.8 Å². The van der Waals surface area contributed by atoms with E-state index in [9.17, 15) is 78.0 Å². The number of hydrogen-bond donors (Lipinski definition) is 19. The third-order valence-corrected chi connectivity index (χ3v) is 24.7. The second-order valence-corrected chi connectivity index (χ2v) is 34.2. The van der Waals surface area contributed by atoms with Gasteiger partial charge in [0, 0.05) is 119 Å². The summed E-state index contributed by atoms with van der Waals surface area (Å²) in [6.45, 7) is 2.55. The number of nitrogens with zero attached hydrogens (tertiary/aromatic N) is 5. The largest absolute Gasteiger partial charge is 0.497 e. The number of fused-ring (bicyclic) bond motifs is 4. The zero-order valence-corrected chi connectivity index (χ0v) is 76.1. The SMILES string of the molecule is CCCC[C@H]1C(=O)N(C)[C@@H](CCCC)C(=O)N[C@@H](CCC(=O)O)C(=O)N[C@H](C(=O)NCC(N)=O)CSCC(=O)N[C@@H](Cc2ccc(OC)cc2)C(=O)N(C)[C@@H](C)C(=O)N[C@H](CCN)C(=O)N2CCC[C@H]2C(=O)N[C@@H](CN)C(=O)N[C@@H](CCC(=O)O)C(=O)N2C[C@H](O)C[C@H]2C(=O)N[C@@H](Cc2c[nH]c3ccccc23)C(=O)N[C@@H](CC(=O)O)C(=O)N[C@@H](Cc2c[nH]c3ccccc23)C(=O)N1C. The molecule has 0 unspecified atom stereocenters. The summed E-state index contributed by atoms with van der Waals surface area (Å²) >= 11 is 0.726. The molecule has 5 aromatic rings. The second-order valence-electron chi connectivity index (χ2n) is 33.2. The van der Waals surface area contributed by atoms with Crippen molar-refractivity contribution >= 4 is 146 Å². The minimum Gasteiger partial charge on any atom is -0.497 e. The molecular weight excluding hydrogens is 1750 g/mol. The highest BCUT2D eigenvalue weighted by atomic mass is 32.2. The molecule has 724 valence electrons. The van der Waals surface area contributed by atoms with E-state index in [1.807, 2.05) is 0 Å². The number of aromatic nitrogens is 2. The van der Waals surface area contributed by atoms with Crippen LogP contribution in [-0.4, -0.2) is 330 Å². The van der Waals surface area contributed by atoms with Crippen molar-refractivity contribution in [2.45, 2.75) is 227 Å². The van der Waals surface area contributed by atoms with Crippen LogP contribution in [0.25, 0.3) is 21.8 Å². The summed E-state index contributed by atoms with van der Waals surface area (Å²) in [5, 5.41) is 68.3. The van der Waals surface area contributed by atoms with Crippen LogP contribution in [0.4, 0.5) is 0 Å². The lowest BCUT2D eigenvalue weighted by molar-refractivity contribution is -0.149. The number of primary amides is 1. The number of rotatable bonds is 27. The second kappa shape index (κ2) is 50.4. The van der Waals surface area contributed by atoms with Crippen LogP contribution < -0.4 is 75.1 Å². The van der Waals surface area contributed by atoms with Gasteiger partial charge < -0.3 is 130 Å². The van der Waals surface area contributed by atoms with E-state index in [1.165, 1.54) is 41.4 Å². The van der Waals surface area contributed by atoms with Crippen LogP contribution in [0.15, 0.2) is 85.2 Å². The number of aliphatic hydroxyl groups excluding tert-OH is 1. The number of para-hydroxylation sites is 2. The average Bonchev–Trinajstić information content (AvgIpc) is 1.54. The predicted molar refractivity (Wildman–Crippen MR) is 482 cm³/mol. The van der Waals surface area contributed by atoms with Crippen LogP contribution in [0, 0.1) is 0 Å². The van der Waals surface area contributed by atoms with Gasteiger partial charge in [0.15, 0.2) is 0 Å². The highest BCUT2D eigenvalue weighted by Gasteiger charge is 2.47. The number of aliphatic hydroxyl groups is 1. The number of likely N-dealkylation sites (N-methyl/N-ethyl adjacent to an activating group) is 3. The van der Waals surface area contributed by atoms with Crippen LogP contribution in [-0.2, 0) is 110 Å². The Morgan fingerprint density at radius 1 is 0.511 bits per heavy atom. The number of H-pyrrole nitrogens is 2. The van der Waals surface area contributed by atoms with Crippen molar-refractivity contribution < 1.29 is 116 Å². The molecule has 22 N–H and O–H groups in total. The molecule has 44 nitrogen and oxygen atoms in total. The number of carboxylic acid groups (broad SMARTS) is 3. The Balaban J connectivity index is 1.20. The van der Waals surface area contributed by atoms with Gasteiger partial charge in [-0.05, 0) is 99.4 Å². The molecule has 0 saturated carbocycles. The van der Waals surface area contributed by atoms with Crippen LogP contribution in [0.5, 0.6) is 5.75 Å². The van der Waals surface area contributed by atoms with Crippen LogP contribution in [0.3, 0.4) is 0 Å². The Bertz CT molecular complexity index is 5030. The first kappa shape index (κ1) is 105. The summed E-state index contributed by atoms with van der Waals surface area (Å²) in [5.74, 6) is -21.5. The normalized spacial score (nSPS) is 24.9. The molecule has 0 radical (unpaired) electrons. The van der Waals surface area contributed by atoms with Gasteiger partial charge in [-0.15, -0.1) is 11.8 Å². The lowest BCUT2D eigenvalue weighted by atomic mass is 9.99. The molecule has 3 aromatic carbocycles. The van der Waals surface area contributed by atoms with Crippen LogP contribution in [0.1, 0.15) is 134 Å². The number of benzene rings is 3. The van der Waals surface area contributed by atoms with E-state index in [0.29, 0.717) is 57.1 Å². The molecule has 133 heavy (non-hydrogen) atoms. The first-order chi connectivity index (χ1) is 63.3. The summed E-state index contributed by atoms with van der Waals surface area (Å²) in [6.07, 6.45) is -2.86. The number of aromatic amines is 2. The minimum atomic E-state index is -2.10. The number of thioether (sulfide) groups is 1. The molecule has 3 fully saturated rings. The number of nitrogens with two attached hydrogens (primary N) is 3. The van der Waals surface area contributed by atoms with E-state index in [4.69, 9.17) is 21.9 Å². The zero-order valence-electron chi connectivity index (χ0n) is 75.3. The molecule has 0 spiro atoms. The number of hydrogen-bond acceptors (Lipinski definition) is 24. The molecule has 0 aliphatic carbocycles. The number of methoxy groups -OCH3 is 1. The number of aliphatic carboxylic acids is 3. The van der Waals surface area contributed by atoms with Crippen molar-refractivity contribution in [1.29, 1.82) is 0 Å². The Morgan fingerprint density at radius 3 is 1.59 bits per heavy atom. The molecule has 3 aliphatic heterocycles. The number of carbonyl (C=O) groups excluding carboxylic acids is 16. The molecule has 8 rings (SSSR count). The minimum absolute atomic E-state index is 0.00668. The van der Waals surface area contributed by atoms with Crippen LogP contribution in [0.2, 0.25) is 0 Å². The van der Waals surface area contributed by atoms with Crippen molar-refractivity contribution in [3.8, 4) is 5.75 Å². The molecule has 3 saturated heterocycles. The third-order valence-electron chi connectivity index (χ3n) is 23.6. The lowest BCUT2D eigenvalue weighted by Crippen LogP contribution is -2.61. The maximum absolute atomic E-state index is 15.7. The number of unbranched alkanes of at least 4 members (excludes halogenated alkanes) is 2. The molecule has 5 heterocycles. The summed E-state index contributed by atoms with van der Waals surface area (Å²) in [6, 6.07) is -3.12. The molecule has 15 atom stereocenters. The Hall–Kier alpha value is -13.3. The van der Waals surface area contributed by atoms with Crippen molar-refractivity contribution in [3.05, 3.63) is 102 Å². The van der Waals surface area contributed by atoms with Gasteiger partial charge in [-0.1, -0.05) is 88.1 Å². The van der Waals surface area contributed by atoms with E-state index in [2.05, 4.69) is 63.1 Å². The predicted octanol–water partition coefficient (Wildman–Crippen LogP) is -3.26. The zero-order chi connectivity index (χ0) is 97.6. The lowest BCUT2D eigenvalue weighted by Gasteiger charge is -2.36. The van der Waals surface area contributed by atoms with Crippen molar-refractivity contribution in [2.75, 3.05) is 72.5 Å². The highest BCUT2D eigenvalue weighted by molar-refractivity contribution is 8.00. The topological polar surface area (TPSA) is 661 Å². The molecule has 45 heteroatoms. The number of nitrogens with one attached hydrogen (secondary N) is 12. The molecule has 3 aliphatic rings. The van der Waals surface area contributed by atoms with Gasteiger partial charge in [-0.25, -0.2) is 0 Å². The fraction of sp³-hybridized carbons (Fsp3) is 0.534. The van der Waals surface area contributed by atoms with E-state index in [0.717, 1.165) is 36.3 Å². The average molecular weight is 1880 g/mol. The van der Waals surface area contributed by atoms with Crippen molar-refractivity contribution in [3.63, 3.8) is 0 Å².